The maximum atomic E-state index is 11.4. The van der Waals surface area contributed by atoms with E-state index in [2.05, 4.69) is 10.6 Å². The van der Waals surface area contributed by atoms with Crippen LogP contribution in [0.25, 0.3) is 0 Å². The molecule has 0 heterocycles. The van der Waals surface area contributed by atoms with Crippen molar-refractivity contribution in [1.82, 2.24) is 10.6 Å². The number of carboxylic acid groups (broad SMARTS) is 1. The third kappa shape index (κ3) is 10.9. The van der Waals surface area contributed by atoms with E-state index in [-0.39, 0.29) is 42.6 Å². The molecule has 0 aromatic carbocycles. The van der Waals surface area contributed by atoms with Gasteiger partial charge in [-0.05, 0) is 13.5 Å². The number of aliphatic hydroxyl groups is 1. The van der Waals surface area contributed by atoms with Gasteiger partial charge in [-0.1, -0.05) is 0 Å². The number of likely N-dealkylation sites (N-methyl/N-ethyl adjacent to an activating group) is 1. The Bertz CT molecular complexity index is 240. The number of rotatable bonds is 10. The summed E-state index contributed by atoms with van der Waals surface area (Å²) in [5, 5.41) is 23.9. The first kappa shape index (κ1) is 20.1. The van der Waals surface area contributed by atoms with E-state index in [0.29, 0.717) is 26.2 Å². The first-order chi connectivity index (χ1) is 8.11. The monoisotopic (exact) mass is 270 g/mol. The number of hydrogen-bond donors (Lipinski definition) is 3. The smallest absolute Gasteiger partial charge is 0.550 e. The van der Waals surface area contributed by atoms with Gasteiger partial charge < -0.3 is 30.4 Å². The van der Waals surface area contributed by atoms with Gasteiger partial charge in [-0.25, -0.2) is 0 Å². The molecule has 0 fully saturated rings. The topological polar surface area (TPSA) is 111 Å². The number of carbonyl (C=O) groups is 2. The molecular formula is C10H19N2NaO5. The molecule has 0 radical (unpaired) electrons. The van der Waals surface area contributed by atoms with Crippen LogP contribution in [0.4, 0.5) is 0 Å². The fourth-order valence-electron chi connectivity index (χ4n) is 1.13. The number of amides is 1. The van der Waals surface area contributed by atoms with Gasteiger partial charge >= 0.3 is 29.6 Å². The zero-order chi connectivity index (χ0) is 13.1. The van der Waals surface area contributed by atoms with Gasteiger partial charge in [0.2, 0.25) is 5.91 Å². The Balaban J connectivity index is 0. The van der Waals surface area contributed by atoms with E-state index >= 15 is 0 Å². The van der Waals surface area contributed by atoms with Crippen LogP contribution in [-0.2, 0) is 14.3 Å². The molecule has 0 aliphatic heterocycles. The molecular weight excluding hydrogens is 251 g/mol. The average molecular weight is 270 g/mol. The van der Waals surface area contributed by atoms with E-state index in [4.69, 9.17) is 9.84 Å². The van der Waals surface area contributed by atoms with E-state index in [1.807, 2.05) is 0 Å². The molecule has 0 aromatic heterocycles. The van der Waals surface area contributed by atoms with Crippen molar-refractivity contribution >= 4 is 11.9 Å². The van der Waals surface area contributed by atoms with Crippen molar-refractivity contribution in [3.63, 3.8) is 0 Å². The van der Waals surface area contributed by atoms with Crippen molar-refractivity contribution in [2.24, 2.45) is 0 Å². The molecule has 3 N–H and O–H groups in total. The summed E-state index contributed by atoms with van der Waals surface area (Å²) in [6.07, 6.45) is 0.186. The second-order valence-electron chi connectivity index (χ2n) is 3.40. The fourth-order valence-corrected chi connectivity index (χ4v) is 1.13. The first-order valence-electron chi connectivity index (χ1n) is 5.45. The summed E-state index contributed by atoms with van der Waals surface area (Å²) in [4.78, 5) is 21.8. The van der Waals surface area contributed by atoms with Crippen molar-refractivity contribution in [1.29, 1.82) is 0 Å². The van der Waals surface area contributed by atoms with Crippen molar-refractivity contribution in [3.05, 3.63) is 0 Å². The minimum absolute atomic E-state index is 0. The number of nitrogens with one attached hydrogen (secondary N) is 2. The van der Waals surface area contributed by atoms with Gasteiger partial charge in [-0.2, -0.15) is 0 Å². The van der Waals surface area contributed by atoms with Crippen LogP contribution >= 0.6 is 0 Å². The number of carboxylic acids is 1. The van der Waals surface area contributed by atoms with Crippen LogP contribution in [0, 0.1) is 0 Å². The maximum Gasteiger partial charge on any atom is 1.00 e. The summed E-state index contributed by atoms with van der Waals surface area (Å²) < 4.78 is 5.10. The Morgan fingerprint density at radius 2 is 2.06 bits per heavy atom. The number of aliphatic hydroxyl groups excluding tert-OH is 1. The average Bonchev–Trinajstić information content (AvgIpc) is 2.30. The number of hydrogen-bond acceptors (Lipinski definition) is 6. The normalized spacial score (nSPS) is 11.4. The minimum Gasteiger partial charge on any atom is -0.550 e. The quantitative estimate of drug-likeness (QED) is 0.269. The fraction of sp³-hybridized carbons (Fsp3) is 0.800. The molecule has 18 heavy (non-hydrogen) atoms. The van der Waals surface area contributed by atoms with Crippen LogP contribution in [0.2, 0.25) is 0 Å². The van der Waals surface area contributed by atoms with Gasteiger partial charge in [0, 0.05) is 32.1 Å². The molecule has 1 unspecified atom stereocenters. The number of carbonyl (C=O) groups excluding carboxylic acids is 2. The van der Waals surface area contributed by atoms with Gasteiger partial charge in [0.1, 0.15) is 0 Å². The Hall–Kier alpha value is -0.180. The third-order valence-electron chi connectivity index (χ3n) is 2.03. The van der Waals surface area contributed by atoms with E-state index in [1.165, 1.54) is 7.05 Å². The molecule has 0 aromatic rings. The molecule has 0 aliphatic rings. The second kappa shape index (κ2) is 13.3. The number of ether oxygens (including phenoxy) is 1. The summed E-state index contributed by atoms with van der Waals surface area (Å²) in [7, 11) is 1.50. The standard InChI is InChI=1S/C10H20N2O5.Na/c1-11-8(7-9(14)15)10(16)12-3-6-17-5-2-4-13;/h8,11,13H,2-7H2,1H3,(H,12,16)(H,14,15);/q;+1/p-1. The molecule has 1 amide bonds. The Kier molecular flexibility index (Phi) is 14.8. The van der Waals surface area contributed by atoms with Crippen LogP contribution in [0.3, 0.4) is 0 Å². The van der Waals surface area contributed by atoms with Gasteiger partial charge in [0.05, 0.1) is 12.6 Å². The summed E-state index contributed by atoms with van der Waals surface area (Å²) >= 11 is 0. The molecule has 100 valence electrons. The van der Waals surface area contributed by atoms with Crippen molar-refractivity contribution < 1.29 is 54.1 Å². The summed E-state index contributed by atoms with van der Waals surface area (Å²) in [5.74, 6) is -1.68. The summed E-state index contributed by atoms with van der Waals surface area (Å²) in [5.41, 5.74) is 0. The zero-order valence-corrected chi connectivity index (χ0v) is 12.9. The zero-order valence-electron chi connectivity index (χ0n) is 10.9. The Labute approximate surface area is 129 Å². The Morgan fingerprint density at radius 1 is 1.39 bits per heavy atom. The van der Waals surface area contributed by atoms with E-state index < -0.39 is 17.9 Å². The van der Waals surface area contributed by atoms with E-state index in [1.54, 1.807) is 0 Å². The number of aliphatic carboxylic acids is 1. The van der Waals surface area contributed by atoms with Crippen LogP contribution in [0.15, 0.2) is 0 Å². The second-order valence-corrected chi connectivity index (χ2v) is 3.40. The summed E-state index contributed by atoms with van der Waals surface area (Å²) in [6.45, 7) is 1.13. The van der Waals surface area contributed by atoms with Crippen LogP contribution in [0.5, 0.6) is 0 Å². The van der Waals surface area contributed by atoms with E-state index in [0.717, 1.165) is 0 Å². The van der Waals surface area contributed by atoms with Gasteiger partial charge in [0.15, 0.2) is 0 Å². The first-order valence-corrected chi connectivity index (χ1v) is 5.45. The molecule has 0 saturated heterocycles. The maximum absolute atomic E-state index is 11.4. The third-order valence-corrected chi connectivity index (χ3v) is 2.03. The van der Waals surface area contributed by atoms with Crippen molar-refractivity contribution in [3.8, 4) is 0 Å². The largest absolute Gasteiger partial charge is 1.00 e. The molecule has 0 aliphatic carbocycles. The molecule has 7 nitrogen and oxygen atoms in total. The van der Waals surface area contributed by atoms with Gasteiger partial charge in [-0.15, -0.1) is 0 Å². The van der Waals surface area contributed by atoms with Crippen LogP contribution < -0.4 is 45.3 Å². The Morgan fingerprint density at radius 3 is 2.56 bits per heavy atom. The van der Waals surface area contributed by atoms with Crippen LogP contribution in [-0.4, -0.2) is 56.4 Å². The van der Waals surface area contributed by atoms with E-state index in [9.17, 15) is 14.7 Å². The van der Waals surface area contributed by atoms with Gasteiger partial charge in [-0.3, -0.25) is 4.79 Å². The minimum atomic E-state index is -1.28. The molecule has 0 saturated carbocycles. The van der Waals surface area contributed by atoms with Crippen molar-refractivity contribution in [2.45, 2.75) is 18.9 Å². The predicted octanol–water partition coefficient (Wildman–Crippen LogP) is -5.77. The summed E-state index contributed by atoms with van der Waals surface area (Å²) in [6, 6.07) is -0.794. The molecule has 8 heteroatoms. The predicted molar refractivity (Wildman–Crippen MR) is 58.0 cm³/mol. The SMILES string of the molecule is CNC(CC(=O)[O-])C(=O)NCCOCCCO.[Na+]. The van der Waals surface area contributed by atoms with Crippen LogP contribution in [0.1, 0.15) is 12.8 Å². The molecule has 1 atom stereocenters. The van der Waals surface area contributed by atoms with Gasteiger partial charge in [0.25, 0.3) is 0 Å². The molecule has 0 bridgehead atoms. The van der Waals surface area contributed by atoms with Crippen molar-refractivity contribution in [2.75, 3.05) is 33.4 Å². The molecule has 0 spiro atoms. The molecule has 0 rings (SSSR count).